The van der Waals surface area contributed by atoms with Crippen molar-refractivity contribution < 1.29 is 13.5 Å². The molecule has 2 unspecified atom stereocenters. The SMILES string of the molecule is CC(C(=O)N1CCCCCC1)S(=O)Cc1nc(C(C)(C)C)no1. The summed E-state index contributed by atoms with van der Waals surface area (Å²) in [6, 6.07) is 0. The highest BCUT2D eigenvalue weighted by atomic mass is 32.2. The maximum atomic E-state index is 12.5. The van der Waals surface area contributed by atoms with E-state index in [4.69, 9.17) is 4.52 Å². The van der Waals surface area contributed by atoms with Gasteiger partial charge in [-0.1, -0.05) is 38.8 Å². The van der Waals surface area contributed by atoms with Crippen LogP contribution in [0.1, 0.15) is 65.1 Å². The van der Waals surface area contributed by atoms with E-state index in [-0.39, 0.29) is 17.1 Å². The molecule has 1 aromatic rings. The second-order valence-corrected chi connectivity index (χ2v) is 8.93. The van der Waals surface area contributed by atoms with E-state index >= 15 is 0 Å². The van der Waals surface area contributed by atoms with Gasteiger partial charge in [-0.3, -0.25) is 9.00 Å². The zero-order valence-corrected chi connectivity index (χ0v) is 15.3. The predicted molar refractivity (Wildman–Crippen MR) is 89.4 cm³/mol. The van der Waals surface area contributed by atoms with Crippen LogP contribution >= 0.6 is 0 Å². The smallest absolute Gasteiger partial charge is 0.239 e. The molecule has 0 aliphatic carbocycles. The summed E-state index contributed by atoms with van der Waals surface area (Å²) in [6.45, 7) is 9.24. The van der Waals surface area contributed by atoms with E-state index in [0.717, 1.165) is 25.9 Å². The minimum Gasteiger partial charge on any atom is -0.342 e. The van der Waals surface area contributed by atoms with Crippen LogP contribution in [0.4, 0.5) is 0 Å². The molecule has 1 amide bonds. The van der Waals surface area contributed by atoms with Gasteiger partial charge in [0.05, 0.1) is 0 Å². The third-order valence-electron chi connectivity index (χ3n) is 4.06. The van der Waals surface area contributed by atoms with E-state index < -0.39 is 16.0 Å². The van der Waals surface area contributed by atoms with E-state index in [1.807, 2.05) is 25.7 Å². The van der Waals surface area contributed by atoms with Crippen molar-refractivity contribution in [3.8, 4) is 0 Å². The third-order valence-corrected chi connectivity index (χ3v) is 5.59. The largest absolute Gasteiger partial charge is 0.342 e. The van der Waals surface area contributed by atoms with Gasteiger partial charge < -0.3 is 9.42 Å². The number of hydrogen-bond acceptors (Lipinski definition) is 5. The summed E-state index contributed by atoms with van der Waals surface area (Å²) in [5.41, 5.74) is -0.212. The van der Waals surface area contributed by atoms with Crippen molar-refractivity contribution in [3.63, 3.8) is 0 Å². The monoisotopic (exact) mass is 341 g/mol. The molecule has 0 N–H and O–H groups in total. The minimum atomic E-state index is -1.35. The Morgan fingerprint density at radius 3 is 2.39 bits per heavy atom. The van der Waals surface area contributed by atoms with Crippen molar-refractivity contribution in [3.05, 3.63) is 11.7 Å². The molecule has 0 bridgehead atoms. The molecule has 1 saturated heterocycles. The molecule has 1 aliphatic rings. The van der Waals surface area contributed by atoms with E-state index in [9.17, 15) is 9.00 Å². The summed E-state index contributed by atoms with van der Waals surface area (Å²) >= 11 is 0. The number of aromatic nitrogens is 2. The van der Waals surface area contributed by atoms with Gasteiger partial charge in [-0.15, -0.1) is 0 Å². The van der Waals surface area contributed by atoms with E-state index in [0.29, 0.717) is 11.7 Å². The molecule has 7 heteroatoms. The van der Waals surface area contributed by atoms with Gasteiger partial charge in [-0.2, -0.15) is 4.98 Å². The molecular formula is C16H27N3O3S. The van der Waals surface area contributed by atoms with Crippen molar-refractivity contribution in [1.82, 2.24) is 15.0 Å². The van der Waals surface area contributed by atoms with Gasteiger partial charge in [-0.05, 0) is 19.8 Å². The number of hydrogen-bond donors (Lipinski definition) is 0. The molecule has 2 atom stereocenters. The summed E-state index contributed by atoms with van der Waals surface area (Å²) in [6.07, 6.45) is 4.39. The van der Waals surface area contributed by atoms with E-state index in [2.05, 4.69) is 10.1 Å². The molecule has 23 heavy (non-hydrogen) atoms. The first-order valence-corrected chi connectivity index (χ1v) is 9.66. The van der Waals surface area contributed by atoms with Gasteiger partial charge in [0.15, 0.2) is 5.82 Å². The Bertz CT molecular complexity index is 557. The normalized spacial score (nSPS) is 19.2. The first-order chi connectivity index (χ1) is 10.8. The first kappa shape index (κ1) is 18.1. The zero-order valence-electron chi connectivity index (χ0n) is 14.5. The predicted octanol–water partition coefficient (Wildman–Crippen LogP) is 2.41. The number of amides is 1. The second kappa shape index (κ2) is 7.55. The van der Waals surface area contributed by atoms with Crippen molar-refractivity contribution in [2.45, 2.75) is 69.8 Å². The lowest BCUT2D eigenvalue weighted by Crippen LogP contribution is -2.40. The van der Waals surface area contributed by atoms with Crippen molar-refractivity contribution in [1.29, 1.82) is 0 Å². The van der Waals surface area contributed by atoms with Crippen LogP contribution in [0, 0.1) is 0 Å². The van der Waals surface area contributed by atoms with Gasteiger partial charge in [0, 0.05) is 29.3 Å². The Labute approximate surface area is 140 Å². The molecule has 1 fully saturated rings. The molecule has 130 valence electrons. The van der Waals surface area contributed by atoms with E-state index in [1.54, 1.807) is 6.92 Å². The van der Waals surface area contributed by atoms with Crippen LogP contribution in [0.25, 0.3) is 0 Å². The van der Waals surface area contributed by atoms with Gasteiger partial charge in [0.2, 0.25) is 11.8 Å². The maximum Gasteiger partial charge on any atom is 0.239 e. The highest BCUT2D eigenvalue weighted by molar-refractivity contribution is 7.85. The van der Waals surface area contributed by atoms with Gasteiger partial charge in [0.1, 0.15) is 11.0 Å². The van der Waals surface area contributed by atoms with Crippen LogP contribution in [-0.2, 0) is 26.8 Å². The van der Waals surface area contributed by atoms with Crippen molar-refractivity contribution >= 4 is 16.7 Å². The molecule has 1 aliphatic heterocycles. The highest BCUT2D eigenvalue weighted by Crippen LogP contribution is 2.19. The Hall–Kier alpha value is -1.24. The van der Waals surface area contributed by atoms with Gasteiger partial charge in [0.25, 0.3) is 0 Å². The molecular weight excluding hydrogens is 314 g/mol. The van der Waals surface area contributed by atoms with Crippen molar-refractivity contribution in [2.24, 2.45) is 0 Å². The fourth-order valence-corrected chi connectivity index (χ4v) is 3.51. The van der Waals surface area contributed by atoms with Gasteiger partial charge in [-0.25, -0.2) is 0 Å². The second-order valence-electron chi connectivity index (χ2n) is 7.17. The Balaban J connectivity index is 1.96. The first-order valence-electron chi connectivity index (χ1n) is 8.28. The summed E-state index contributed by atoms with van der Waals surface area (Å²) in [7, 11) is -1.35. The Morgan fingerprint density at radius 2 is 1.87 bits per heavy atom. The molecule has 0 radical (unpaired) electrons. The van der Waals surface area contributed by atoms with Gasteiger partial charge >= 0.3 is 0 Å². The van der Waals surface area contributed by atoms with Crippen LogP contribution in [0.15, 0.2) is 4.52 Å². The number of nitrogens with zero attached hydrogens (tertiary/aromatic N) is 3. The summed E-state index contributed by atoms with van der Waals surface area (Å²) in [5.74, 6) is 1.03. The summed E-state index contributed by atoms with van der Waals surface area (Å²) in [5, 5.41) is 3.39. The average molecular weight is 341 g/mol. The molecule has 0 aromatic carbocycles. The van der Waals surface area contributed by atoms with Crippen LogP contribution in [-0.4, -0.2) is 43.5 Å². The molecule has 6 nitrogen and oxygen atoms in total. The zero-order chi connectivity index (χ0) is 17.0. The highest BCUT2D eigenvalue weighted by Gasteiger charge is 2.28. The van der Waals surface area contributed by atoms with Crippen LogP contribution in [0.3, 0.4) is 0 Å². The van der Waals surface area contributed by atoms with Crippen LogP contribution in [0.5, 0.6) is 0 Å². The maximum absolute atomic E-state index is 12.5. The lowest BCUT2D eigenvalue weighted by molar-refractivity contribution is -0.130. The molecule has 2 heterocycles. The lowest BCUT2D eigenvalue weighted by atomic mass is 9.96. The number of carbonyl (C=O) groups excluding carboxylic acids is 1. The number of likely N-dealkylation sites (tertiary alicyclic amines) is 1. The number of carbonyl (C=O) groups is 1. The Kier molecular flexibility index (Phi) is 5.95. The molecule has 2 rings (SSSR count). The fraction of sp³-hybridized carbons (Fsp3) is 0.812. The lowest BCUT2D eigenvalue weighted by Gasteiger charge is -2.23. The minimum absolute atomic E-state index is 0.0270. The van der Waals surface area contributed by atoms with Crippen LogP contribution < -0.4 is 0 Å². The summed E-state index contributed by atoms with van der Waals surface area (Å²) < 4.78 is 17.7. The Morgan fingerprint density at radius 1 is 1.26 bits per heavy atom. The van der Waals surface area contributed by atoms with Crippen molar-refractivity contribution in [2.75, 3.05) is 13.1 Å². The molecule has 1 aromatic heterocycles. The molecule has 0 saturated carbocycles. The molecule has 0 spiro atoms. The fourth-order valence-electron chi connectivity index (χ4n) is 2.53. The summed E-state index contributed by atoms with van der Waals surface area (Å²) in [4.78, 5) is 18.7. The average Bonchev–Trinajstić information content (AvgIpc) is 2.80. The standard InChI is InChI=1S/C16H27N3O3S/c1-12(14(20)19-9-7-5-6-8-10-19)23(21)11-13-17-15(18-22-13)16(2,3)4/h12H,5-11H2,1-4H3. The van der Waals surface area contributed by atoms with E-state index in [1.165, 1.54) is 12.8 Å². The van der Waals surface area contributed by atoms with Crippen LogP contribution in [0.2, 0.25) is 0 Å². The quantitative estimate of drug-likeness (QED) is 0.840. The topological polar surface area (TPSA) is 76.3 Å². The third kappa shape index (κ3) is 4.86. The number of rotatable bonds is 4.